The highest BCUT2D eigenvalue weighted by Gasteiger charge is 2.39. The summed E-state index contributed by atoms with van der Waals surface area (Å²) in [5.41, 5.74) is 2.24. The standard InChI is InChI=1S/C29H24O10/c1-32-19-12-21(34-3)20(33-2)9-15(19)10-22-27(31)16-5-6-18-26(28(16)39-22)17(11-25(30)38-18)14-7-23(35-4)29-24(8-14)36-13-37-29/h5-10,12,17H,11,13H2,1-4H3/b22-10-/t17-/m1/s1. The number of rotatable bonds is 6. The first-order valence-corrected chi connectivity index (χ1v) is 12.0. The summed E-state index contributed by atoms with van der Waals surface area (Å²) >= 11 is 0. The number of fused-ring (bicyclic) bond motifs is 4. The van der Waals surface area contributed by atoms with E-state index in [2.05, 4.69) is 0 Å². The third-order valence-corrected chi connectivity index (χ3v) is 6.89. The Balaban J connectivity index is 1.45. The lowest BCUT2D eigenvalue weighted by Gasteiger charge is -2.26. The molecule has 1 atom stereocenters. The molecule has 0 saturated heterocycles. The van der Waals surface area contributed by atoms with Crippen molar-refractivity contribution in [2.24, 2.45) is 0 Å². The molecule has 200 valence electrons. The van der Waals surface area contributed by atoms with Gasteiger partial charge in [-0.05, 0) is 42.0 Å². The summed E-state index contributed by atoms with van der Waals surface area (Å²) in [7, 11) is 6.10. The van der Waals surface area contributed by atoms with Gasteiger partial charge in [-0.3, -0.25) is 9.59 Å². The first-order chi connectivity index (χ1) is 18.9. The molecule has 0 unspecified atom stereocenters. The van der Waals surface area contributed by atoms with Crippen molar-refractivity contribution < 1.29 is 47.5 Å². The number of carbonyl (C=O) groups excluding carboxylic acids is 2. The van der Waals surface area contributed by atoms with Gasteiger partial charge in [-0.2, -0.15) is 0 Å². The molecule has 3 aliphatic heterocycles. The number of carbonyl (C=O) groups is 2. The number of methoxy groups -OCH3 is 4. The van der Waals surface area contributed by atoms with Gasteiger partial charge in [-0.1, -0.05) is 0 Å². The normalized spacial score (nSPS) is 17.7. The van der Waals surface area contributed by atoms with Gasteiger partial charge in [0.15, 0.2) is 28.8 Å². The highest BCUT2D eigenvalue weighted by molar-refractivity contribution is 6.15. The quantitative estimate of drug-likeness (QED) is 0.256. The third kappa shape index (κ3) is 3.96. The molecule has 6 rings (SSSR count). The van der Waals surface area contributed by atoms with Crippen LogP contribution in [-0.2, 0) is 4.79 Å². The molecule has 0 radical (unpaired) electrons. The number of benzene rings is 3. The second-order valence-corrected chi connectivity index (χ2v) is 8.93. The van der Waals surface area contributed by atoms with Crippen molar-refractivity contribution in [2.45, 2.75) is 12.3 Å². The molecule has 0 aromatic heterocycles. The molecule has 3 aromatic rings. The lowest BCUT2D eigenvalue weighted by molar-refractivity contribution is -0.135. The maximum Gasteiger partial charge on any atom is 0.312 e. The predicted octanol–water partition coefficient (Wildman–Crippen LogP) is 4.51. The maximum atomic E-state index is 13.5. The largest absolute Gasteiger partial charge is 0.496 e. The van der Waals surface area contributed by atoms with Crippen molar-refractivity contribution in [3.05, 3.63) is 64.4 Å². The third-order valence-electron chi connectivity index (χ3n) is 6.89. The highest BCUT2D eigenvalue weighted by atomic mass is 16.7. The predicted molar refractivity (Wildman–Crippen MR) is 137 cm³/mol. The number of hydrogen-bond acceptors (Lipinski definition) is 10. The van der Waals surface area contributed by atoms with E-state index in [0.29, 0.717) is 62.7 Å². The van der Waals surface area contributed by atoms with E-state index in [1.54, 1.807) is 42.5 Å². The van der Waals surface area contributed by atoms with Gasteiger partial charge in [0.2, 0.25) is 18.3 Å². The first kappa shape index (κ1) is 24.5. The highest BCUT2D eigenvalue weighted by Crippen LogP contribution is 2.52. The molecule has 39 heavy (non-hydrogen) atoms. The molecule has 0 bridgehead atoms. The molecule has 3 aliphatic rings. The smallest absolute Gasteiger partial charge is 0.312 e. The van der Waals surface area contributed by atoms with Gasteiger partial charge < -0.3 is 37.9 Å². The van der Waals surface area contributed by atoms with Crippen LogP contribution in [0.25, 0.3) is 6.08 Å². The molecule has 0 fully saturated rings. The zero-order valence-electron chi connectivity index (χ0n) is 21.6. The fourth-order valence-corrected chi connectivity index (χ4v) is 5.05. The molecular formula is C29H24O10. The fraction of sp³-hybridized carbons (Fsp3) is 0.241. The van der Waals surface area contributed by atoms with Crippen LogP contribution < -0.4 is 37.9 Å². The minimum atomic E-state index is -0.484. The summed E-state index contributed by atoms with van der Waals surface area (Å²) in [5, 5.41) is 0. The van der Waals surface area contributed by atoms with E-state index in [4.69, 9.17) is 37.9 Å². The Hall–Kier alpha value is -4.86. The van der Waals surface area contributed by atoms with Crippen molar-refractivity contribution >= 4 is 17.8 Å². The Morgan fingerprint density at radius 1 is 0.769 bits per heavy atom. The summed E-state index contributed by atoms with van der Waals surface area (Å²) in [5.74, 6) is 2.44. The Morgan fingerprint density at radius 2 is 1.51 bits per heavy atom. The Morgan fingerprint density at radius 3 is 2.26 bits per heavy atom. The molecule has 10 nitrogen and oxygen atoms in total. The van der Waals surface area contributed by atoms with Crippen LogP contribution in [-0.4, -0.2) is 47.0 Å². The molecule has 0 N–H and O–H groups in total. The van der Waals surface area contributed by atoms with Crippen LogP contribution >= 0.6 is 0 Å². The molecule has 3 heterocycles. The lowest BCUT2D eigenvalue weighted by Crippen LogP contribution is -2.21. The van der Waals surface area contributed by atoms with Gasteiger partial charge in [0.05, 0.1) is 40.4 Å². The molecule has 10 heteroatoms. The van der Waals surface area contributed by atoms with Crippen molar-refractivity contribution in [2.75, 3.05) is 35.2 Å². The van der Waals surface area contributed by atoms with Crippen LogP contribution in [0.4, 0.5) is 0 Å². The first-order valence-electron chi connectivity index (χ1n) is 12.0. The van der Waals surface area contributed by atoms with Gasteiger partial charge in [0.25, 0.3) is 0 Å². The van der Waals surface area contributed by atoms with E-state index in [9.17, 15) is 9.59 Å². The maximum absolute atomic E-state index is 13.5. The topological polar surface area (TPSA) is 108 Å². The number of hydrogen-bond donors (Lipinski definition) is 0. The van der Waals surface area contributed by atoms with Crippen molar-refractivity contribution in [1.82, 2.24) is 0 Å². The van der Waals surface area contributed by atoms with E-state index in [1.807, 2.05) is 0 Å². The number of ketones is 1. The van der Waals surface area contributed by atoms with E-state index in [0.717, 1.165) is 5.56 Å². The SMILES string of the molecule is COc1cc(OC)c(OC)cc1/C=C1\Oc2c(ccc3c2[C@@H](c2cc(OC)c4c(c2)OCO4)CC(=O)O3)C1=O. The van der Waals surface area contributed by atoms with Crippen LogP contribution in [0.15, 0.2) is 42.2 Å². The Kier molecular flexibility index (Phi) is 5.94. The molecule has 3 aromatic carbocycles. The average Bonchev–Trinajstić information content (AvgIpc) is 3.55. The summed E-state index contributed by atoms with van der Waals surface area (Å²) in [6.45, 7) is 0.0687. The van der Waals surface area contributed by atoms with Crippen LogP contribution in [0.2, 0.25) is 0 Å². The van der Waals surface area contributed by atoms with E-state index in [-0.39, 0.29) is 24.8 Å². The van der Waals surface area contributed by atoms with Gasteiger partial charge in [-0.25, -0.2) is 0 Å². The summed E-state index contributed by atoms with van der Waals surface area (Å²) in [4.78, 5) is 26.1. The van der Waals surface area contributed by atoms with E-state index < -0.39 is 11.9 Å². The summed E-state index contributed by atoms with van der Waals surface area (Å²) in [6, 6.07) is 10.2. The summed E-state index contributed by atoms with van der Waals surface area (Å²) in [6.07, 6.45) is 1.62. The monoisotopic (exact) mass is 532 g/mol. The zero-order valence-corrected chi connectivity index (χ0v) is 21.6. The fourth-order valence-electron chi connectivity index (χ4n) is 5.05. The second-order valence-electron chi connectivity index (χ2n) is 8.93. The van der Waals surface area contributed by atoms with Crippen LogP contribution in [0, 0.1) is 0 Å². The number of esters is 1. The van der Waals surface area contributed by atoms with Gasteiger partial charge in [0, 0.05) is 23.1 Å². The average molecular weight is 533 g/mol. The molecule has 0 saturated carbocycles. The van der Waals surface area contributed by atoms with Gasteiger partial charge >= 0.3 is 5.97 Å². The second kappa shape index (κ2) is 9.46. The van der Waals surface area contributed by atoms with Gasteiger partial charge in [0.1, 0.15) is 17.2 Å². The van der Waals surface area contributed by atoms with E-state index in [1.165, 1.54) is 28.4 Å². The van der Waals surface area contributed by atoms with Crippen LogP contribution in [0.1, 0.15) is 39.4 Å². The number of Topliss-reactive ketones (excluding diaryl/α,β-unsaturated/α-hetero) is 1. The summed E-state index contributed by atoms with van der Waals surface area (Å²) < 4.78 is 44.6. The van der Waals surface area contributed by atoms with Crippen molar-refractivity contribution in [1.29, 1.82) is 0 Å². The van der Waals surface area contributed by atoms with Crippen molar-refractivity contribution in [3.63, 3.8) is 0 Å². The molecule has 0 amide bonds. The molecular weight excluding hydrogens is 508 g/mol. The van der Waals surface area contributed by atoms with Crippen molar-refractivity contribution in [3.8, 4) is 46.0 Å². The zero-order chi connectivity index (χ0) is 27.3. The minimum absolute atomic E-state index is 0.0341. The lowest BCUT2D eigenvalue weighted by atomic mass is 9.84. The molecule has 0 spiro atoms. The van der Waals surface area contributed by atoms with Crippen LogP contribution in [0.3, 0.4) is 0 Å². The minimum Gasteiger partial charge on any atom is -0.496 e. The number of ether oxygens (including phenoxy) is 8. The van der Waals surface area contributed by atoms with Crippen LogP contribution in [0.5, 0.6) is 46.0 Å². The van der Waals surface area contributed by atoms with Gasteiger partial charge in [-0.15, -0.1) is 0 Å². The Labute approximate surface area is 223 Å². The molecule has 0 aliphatic carbocycles. The van der Waals surface area contributed by atoms with E-state index >= 15 is 0 Å². The number of allylic oxidation sites excluding steroid dienone is 1. The Bertz CT molecular complexity index is 1550.